The zero-order chi connectivity index (χ0) is 13.3. The fourth-order valence-corrected chi connectivity index (χ4v) is 1.32. The normalized spacial score (nSPS) is 12.2. The van der Waals surface area contributed by atoms with Crippen LogP contribution in [0.1, 0.15) is 13.8 Å². The van der Waals surface area contributed by atoms with E-state index < -0.39 is 20.5 Å². The van der Waals surface area contributed by atoms with Gasteiger partial charge in [-0.3, -0.25) is 4.79 Å². The number of nitrogen functional groups attached to an aromatic ring is 1. The highest BCUT2D eigenvalue weighted by Gasteiger charge is 2.38. The molecule has 0 aliphatic heterocycles. The van der Waals surface area contributed by atoms with Crippen molar-refractivity contribution in [2.24, 2.45) is 0 Å². The zero-order valence-corrected chi connectivity index (χ0v) is 10.7. The van der Waals surface area contributed by atoms with Crippen LogP contribution in [-0.2, 0) is 14.6 Å². The first-order valence-corrected chi connectivity index (χ1v) is 6.76. The van der Waals surface area contributed by atoms with E-state index in [1.807, 2.05) is 0 Å². The molecule has 1 aromatic rings. The molecule has 1 rings (SSSR count). The van der Waals surface area contributed by atoms with Crippen LogP contribution in [0.25, 0.3) is 0 Å². The molecule has 0 spiro atoms. The van der Waals surface area contributed by atoms with Crippen LogP contribution >= 0.6 is 0 Å². The molecule has 0 aliphatic carbocycles. The van der Waals surface area contributed by atoms with Crippen molar-refractivity contribution >= 4 is 27.2 Å². The van der Waals surface area contributed by atoms with Gasteiger partial charge in [-0.25, -0.2) is 13.4 Å². The number of aromatic nitrogens is 1. The van der Waals surface area contributed by atoms with Gasteiger partial charge < -0.3 is 11.1 Å². The molecule has 1 aromatic heterocycles. The van der Waals surface area contributed by atoms with Crippen molar-refractivity contribution in [3.63, 3.8) is 0 Å². The van der Waals surface area contributed by atoms with Crippen molar-refractivity contribution in [1.82, 2.24) is 4.98 Å². The van der Waals surface area contributed by atoms with Crippen molar-refractivity contribution in [2.45, 2.75) is 18.6 Å². The van der Waals surface area contributed by atoms with Gasteiger partial charge in [0.25, 0.3) is 0 Å². The molecule has 94 valence electrons. The molecule has 1 heterocycles. The first-order chi connectivity index (χ1) is 7.64. The number of carbonyl (C=O) groups is 1. The third-order valence-electron chi connectivity index (χ3n) is 2.52. The molecule has 0 aromatic carbocycles. The Morgan fingerprint density at radius 2 is 2.00 bits per heavy atom. The molecule has 0 bridgehead atoms. The molecule has 0 saturated heterocycles. The summed E-state index contributed by atoms with van der Waals surface area (Å²) in [7, 11) is -3.49. The van der Waals surface area contributed by atoms with Crippen LogP contribution < -0.4 is 11.1 Å². The molecule has 6 nitrogen and oxygen atoms in total. The topological polar surface area (TPSA) is 102 Å². The van der Waals surface area contributed by atoms with Crippen molar-refractivity contribution in [1.29, 1.82) is 0 Å². The maximum Gasteiger partial charge on any atom is 0.245 e. The minimum Gasteiger partial charge on any atom is -0.384 e. The first kappa shape index (κ1) is 13.4. The summed E-state index contributed by atoms with van der Waals surface area (Å²) in [5.74, 6) is -0.281. The lowest BCUT2D eigenvalue weighted by atomic mass is 10.2. The molecular weight excluding hydrogens is 242 g/mol. The van der Waals surface area contributed by atoms with E-state index in [0.717, 1.165) is 6.26 Å². The Morgan fingerprint density at radius 3 is 2.41 bits per heavy atom. The Kier molecular flexibility index (Phi) is 3.42. The molecule has 7 heteroatoms. The lowest BCUT2D eigenvalue weighted by Gasteiger charge is -2.21. The zero-order valence-electron chi connectivity index (χ0n) is 9.89. The Balaban J connectivity index is 2.90. The Labute approximate surface area is 100 Å². The molecule has 1 amide bonds. The number of hydrogen-bond acceptors (Lipinski definition) is 5. The Morgan fingerprint density at radius 1 is 1.41 bits per heavy atom. The molecule has 17 heavy (non-hydrogen) atoms. The van der Waals surface area contributed by atoms with Gasteiger partial charge in [0.05, 0.1) is 11.9 Å². The average molecular weight is 257 g/mol. The van der Waals surface area contributed by atoms with Crippen LogP contribution in [0.2, 0.25) is 0 Å². The molecule has 0 atom stereocenters. The Hall–Kier alpha value is -1.63. The van der Waals surface area contributed by atoms with Crippen LogP contribution in [0.15, 0.2) is 18.3 Å². The quantitative estimate of drug-likeness (QED) is 0.817. The van der Waals surface area contributed by atoms with E-state index in [0.29, 0.717) is 11.5 Å². The van der Waals surface area contributed by atoms with Crippen molar-refractivity contribution in [2.75, 3.05) is 17.3 Å². The fraction of sp³-hybridized carbons (Fsp3) is 0.400. The van der Waals surface area contributed by atoms with Gasteiger partial charge in [0.15, 0.2) is 9.84 Å². The largest absolute Gasteiger partial charge is 0.384 e. The SMILES string of the molecule is CC(C)(C(=O)Nc1ccc(N)nc1)S(C)(=O)=O. The van der Waals surface area contributed by atoms with E-state index in [4.69, 9.17) is 5.73 Å². The molecule has 0 radical (unpaired) electrons. The van der Waals surface area contributed by atoms with Gasteiger partial charge >= 0.3 is 0 Å². The second kappa shape index (κ2) is 4.33. The van der Waals surface area contributed by atoms with Gasteiger partial charge in [-0.05, 0) is 26.0 Å². The van der Waals surface area contributed by atoms with E-state index in [9.17, 15) is 13.2 Å². The molecule has 0 unspecified atom stereocenters. The summed E-state index contributed by atoms with van der Waals surface area (Å²) in [6.07, 6.45) is 2.39. The Bertz CT molecular complexity index is 520. The monoisotopic (exact) mass is 257 g/mol. The van der Waals surface area contributed by atoms with Crippen LogP contribution in [0, 0.1) is 0 Å². The van der Waals surface area contributed by atoms with Crippen molar-refractivity contribution in [3.8, 4) is 0 Å². The number of rotatable bonds is 3. The lowest BCUT2D eigenvalue weighted by molar-refractivity contribution is -0.117. The number of amides is 1. The van der Waals surface area contributed by atoms with Crippen LogP contribution in [0.4, 0.5) is 11.5 Å². The lowest BCUT2D eigenvalue weighted by Crippen LogP contribution is -2.43. The highest BCUT2D eigenvalue weighted by molar-refractivity contribution is 7.92. The maximum absolute atomic E-state index is 11.8. The summed E-state index contributed by atoms with van der Waals surface area (Å²) in [6.45, 7) is 2.70. The van der Waals surface area contributed by atoms with E-state index in [1.54, 1.807) is 6.07 Å². The number of sulfone groups is 1. The number of nitrogens with two attached hydrogens (primary N) is 1. The third-order valence-corrected chi connectivity index (χ3v) is 4.56. The summed E-state index contributed by atoms with van der Waals surface area (Å²) in [6, 6.07) is 3.07. The predicted octanol–water partition coefficient (Wildman–Crippen LogP) is 0.426. The number of anilines is 2. The average Bonchev–Trinajstić information content (AvgIpc) is 2.19. The summed E-state index contributed by atoms with van der Waals surface area (Å²) in [5, 5.41) is 2.48. The summed E-state index contributed by atoms with van der Waals surface area (Å²) in [4.78, 5) is 15.6. The van der Waals surface area contributed by atoms with Gasteiger partial charge in [-0.1, -0.05) is 0 Å². The highest BCUT2D eigenvalue weighted by atomic mass is 32.2. The third kappa shape index (κ3) is 2.94. The number of carbonyl (C=O) groups excluding carboxylic acids is 1. The number of hydrogen-bond donors (Lipinski definition) is 2. The van der Waals surface area contributed by atoms with Crippen molar-refractivity contribution < 1.29 is 13.2 Å². The standard InChI is InChI=1S/C10H15N3O3S/c1-10(2,17(3,15)16)9(14)13-7-4-5-8(11)12-6-7/h4-6H,1-3H3,(H2,11,12)(H,13,14). The van der Waals surface area contributed by atoms with Crippen LogP contribution in [0.3, 0.4) is 0 Å². The van der Waals surface area contributed by atoms with E-state index >= 15 is 0 Å². The smallest absolute Gasteiger partial charge is 0.245 e. The van der Waals surface area contributed by atoms with Crippen LogP contribution in [-0.4, -0.2) is 30.3 Å². The van der Waals surface area contributed by atoms with Crippen molar-refractivity contribution in [3.05, 3.63) is 18.3 Å². The van der Waals surface area contributed by atoms with E-state index in [2.05, 4.69) is 10.3 Å². The summed E-state index contributed by atoms with van der Waals surface area (Å²) >= 11 is 0. The van der Waals surface area contributed by atoms with Gasteiger partial charge in [0.2, 0.25) is 5.91 Å². The number of nitrogens with zero attached hydrogens (tertiary/aromatic N) is 1. The first-order valence-electron chi connectivity index (χ1n) is 4.87. The minimum absolute atomic E-state index is 0.324. The number of pyridine rings is 1. The molecule has 0 fully saturated rings. The second-order valence-electron chi connectivity index (χ2n) is 4.21. The highest BCUT2D eigenvalue weighted by Crippen LogP contribution is 2.18. The van der Waals surface area contributed by atoms with Crippen LogP contribution in [0.5, 0.6) is 0 Å². The number of nitrogens with one attached hydrogen (secondary N) is 1. The van der Waals surface area contributed by atoms with Gasteiger partial charge in [-0.15, -0.1) is 0 Å². The summed E-state index contributed by atoms with van der Waals surface area (Å²) < 4.78 is 21.4. The van der Waals surface area contributed by atoms with Gasteiger partial charge in [0.1, 0.15) is 10.6 Å². The molecule has 3 N–H and O–H groups in total. The second-order valence-corrected chi connectivity index (χ2v) is 6.77. The predicted molar refractivity (Wildman–Crippen MR) is 66.2 cm³/mol. The molecule has 0 aliphatic rings. The van der Waals surface area contributed by atoms with E-state index in [-0.39, 0.29) is 0 Å². The maximum atomic E-state index is 11.8. The fourth-order valence-electron chi connectivity index (χ4n) is 0.929. The van der Waals surface area contributed by atoms with Gasteiger partial charge in [-0.2, -0.15) is 0 Å². The van der Waals surface area contributed by atoms with E-state index in [1.165, 1.54) is 26.1 Å². The van der Waals surface area contributed by atoms with Gasteiger partial charge in [0, 0.05) is 6.26 Å². The molecule has 0 saturated carbocycles. The minimum atomic E-state index is -3.49. The summed E-state index contributed by atoms with van der Waals surface area (Å²) in [5.41, 5.74) is 5.80. The molecular formula is C10H15N3O3S.